The Labute approximate surface area is 133 Å². The highest BCUT2D eigenvalue weighted by atomic mass is 19.4. The van der Waals surface area contributed by atoms with Gasteiger partial charge in [0.25, 0.3) is 0 Å². The molecule has 1 aromatic rings. The Morgan fingerprint density at radius 3 is 2.30 bits per heavy atom. The van der Waals surface area contributed by atoms with Crippen LogP contribution in [0.15, 0.2) is 23.2 Å². The summed E-state index contributed by atoms with van der Waals surface area (Å²) in [7, 11) is 1.38. The average Bonchev–Trinajstić information content (AvgIpc) is 2.50. The van der Waals surface area contributed by atoms with E-state index in [2.05, 4.69) is 15.6 Å². The maximum absolute atomic E-state index is 12.2. The lowest BCUT2D eigenvalue weighted by molar-refractivity contribution is -0.153. The van der Waals surface area contributed by atoms with Crippen molar-refractivity contribution in [3.05, 3.63) is 23.8 Å². The number of methoxy groups -OCH3 is 1. The number of guanidine groups is 1. The standard InChI is InChI=1S/C15H22F3N3O2/c1-4-19-14(20-5-2)21-9-11-6-7-12(13(8-11)22-3)23-10-15(16,17)18/h6-8H,4-5,9-10H2,1-3H3,(H2,19,20,21). The molecule has 0 aliphatic heterocycles. The van der Waals surface area contributed by atoms with Crippen molar-refractivity contribution in [1.82, 2.24) is 10.6 Å². The van der Waals surface area contributed by atoms with Gasteiger partial charge in [0.1, 0.15) is 0 Å². The molecular formula is C15H22F3N3O2. The smallest absolute Gasteiger partial charge is 0.422 e. The summed E-state index contributed by atoms with van der Waals surface area (Å²) in [4.78, 5) is 4.38. The molecule has 0 saturated carbocycles. The van der Waals surface area contributed by atoms with Crippen LogP contribution in [-0.4, -0.2) is 38.9 Å². The van der Waals surface area contributed by atoms with Gasteiger partial charge in [-0.25, -0.2) is 4.99 Å². The Bertz CT molecular complexity index is 511. The topological polar surface area (TPSA) is 54.9 Å². The number of hydrogen-bond donors (Lipinski definition) is 2. The first-order valence-corrected chi connectivity index (χ1v) is 7.28. The van der Waals surface area contributed by atoms with Crippen LogP contribution >= 0.6 is 0 Å². The first-order chi connectivity index (χ1) is 10.9. The zero-order valence-corrected chi connectivity index (χ0v) is 13.5. The normalized spacial score (nSPS) is 10.9. The number of benzene rings is 1. The number of aliphatic imine (C=N–C) groups is 1. The molecule has 5 nitrogen and oxygen atoms in total. The minimum Gasteiger partial charge on any atom is -0.493 e. The van der Waals surface area contributed by atoms with E-state index in [9.17, 15) is 13.2 Å². The van der Waals surface area contributed by atoms with Crippen molar-refractivity contribution in [3.63, 3.8) is 0 Å². The Hall–Kier alpha value is -2.12. The van der Waals surface area contributed by atoms with Gasteiger partial charge in [-0.05, 0) is 31.5 Å². The molecule has 0 radical (unpaired) electrons. The number of ether oxygens (including phenoxy) is 2. The molecule has 0 aliphatic rings. The summed E-state index contributed by atoms with van der Waals surface area (Å²) in [5.41, 5.74) is 0.800. The third kappa shape index (κ3) is 7.12. The van der Waals surface area contributed by atoms with Gasteiger partial charge in [0.15, 0.2) is 24.1 Å². The monoisotopic (exact) mass is 333 g/mol. The second kappa shape index (κ2) is 9.12. The summed E-state index contributed by atoms with van der Waals surface area (Å²) in [5, 5.41) is 6.18. The Morgan fingerprint density at radius 2 is 1.78 bits per heavy atom. The molecular weight excluding hydrogens is 311 g/mol. The lowest BCUT2D eigenvalue weighted by atomic mass is 10.2. The molecule has 0 atom stereocenters. The van der Waals surface area contributed by atoms with Crippen molar-refractivity contribution in [3.8, 4) is 11.5 Å². The van der Waals surface area contributed by atoms with Gasteiger partial charge in [-0.15, -0.1) is 0 Å². The van der Waals surface area contributed by atoms with E-state index in [1.165, 1.54) is 13.2 Å². The van der Waals surface area contributed by atoms with Gasteiger partial charge in [-0.2, -0.15) is 13.2 Å². The summed E-state index contributed by atoms with van der Waals surface area (Å²) in [6.07, 6.45) is -4.39. The Balaban J connectivity index is 2.80. The van der Waals surface area contributed by atoms with Crippen molar-refractivity contribution < 1.29 is 22.6 Å². The van der Waals surface area contributed by atoms with Crippen LogP contribution in [-0.2, 0) is 6.54 Å². The quantitative estimate of drug-likeness (QED) is 0.595. The molecule has 130 valence electrons. The van der Waals surface area contributed by atoms with Gasteiger partial charge in [0.2, 0.25) is 0 Å². The van der Waals surface area contributed by atoms with Gasteiger partial charge in [0, 0.05) is 13.1 Å². The van der Waals surface area contributed by atoms with E-state index in [-0.39, 0.29) is 11.5 Å². The molecule has 1 rings (SSSR count). The van der Waals surface area contributed by atoms with Gasteiger partial charge in [-0.3, -0.25) is 0 Å². The fraction of sp³-hybridized carbons (Fsp3) is 0.533. The van der Waals surface area contributed by atoms with E-state index in [1.807, 2.05) is 13.8 Å². The number of nitrogens with zero attached hydrogens (tertiary/aromatic N) is 1. The number of alkyl halides is 3. The van der Waals surface area contributed by atoms with Crippen LogP contribution in [0.1, 0.15) is 19.4 Å². The third-order valence-electron chi connectivity index (χ3n) is 2.73. The summed E-state index contributed by atoms with van der Waals surface area (Å²) in [5.74, 6) is 0.970. The van der Waals surface area contributed by atoms with Crippen LogP contribution < -0.4 is 20.1 Å². The van der Waals surface area contributed by atoms with Crippen molar-refractivity contribution in [2.45, 2.75) is 26.6 Å². The maximum Gasteiger partial charge on any atom is 0.422 e. The van der Waals surface area contributed by atoms with Crippen LogP contribution in [0.2, 0.25) is 0 Å². The van der Waals surface area contributed by atoms with Crippen LogP contribution in [0.3, 0.4) is 0 Å². The first-order valence-electron chi connectivity index (χ1n) is 7.28. The zero-order chi connectivity index (χ0) is 17.3. The van der Waals surface area contributed by atoms with Gasteiger partial charge in [-0.1, -0.05) is 6.07 Å². The van der Waals surface area contributed by atoms with E-state index in [4.69, 9.17) is 9.47 Å². The number of halogens is 3. The molecule has 0 aliphatic carbocycles. The third-order valence-corrected chi connectivity index (χ3v) is 2.73. The second-order valence-corrected chi connectivity index (χ2v) is 4.61. The molecule has 0 unspecified atom stereocenters. The highest BCUT2D eigenvalue weighted by Gasteiger charge is 2.29. The molecule has 0 heterocycles. The molecule has 0 amide bonds. The van der Waals surface area contributed by atoms with Crippen molar-refractivity contribution in [1.29, 1.82) is 0 Å². The minimum atomic E-state index is -4.39. The maximum atomic E-state index is 12.2. The van der Waals surface area contributed by atoms with Crippen LogP contribution in [0.5, 0.6) is 11.5 Å². The molecule has 1 aromatic carbocycles. The van der Waals surface area contributed by atoms with Gasteiger partial charge >= 0.3 is 6.18 Å². The number of rotatable bonds is 7. The highest BCUT2D eigenvalue weighted by molar-refractivity contribution is 5.79. The van der Waals surface area contributed by atoms with Crippen molar-refractivity contribution in [2.24, 2.45) is 4.99 Å². The van der Waals surface area contributed by atoms with E-state index in [0.29, 0.717) is 12.5 Å². The lowest BCUT2D eigenvalue weighted by Gasteiger charge is -2.13. The molecule has 23 heavy (non-hydrogen) atoms. The molecule has 0 aromatic heterocycles. The van der Waals surface area contributed by atoms with Gasteiger partial charge < -0.3 is 20.1 Å². The molecule has 0 fully saturated rings. The van der Waals surface area contributed by atoms with E-state index in [1.54, 1.807) is 12.1 Å². The molecule has 0 bridgehead atoms. The molecule has 2 N–H and O–H groups in total. The van der Waals surface area contributed by atoms with E-state index in [0.717, 1.165) is 18.7 Å². The van der Waals surface area contributed by atoms with Crippen molar-refractivity contribution >= 4 is 5.96 Å². The average molecular weight is 333 g/mol. The fourth-order valence-electron chi connectivity index (χ4n) is 1.77. The summed E-state index contributed by atoms with van der Waals surface area (Å²) in [6.45, 7) is 4.40. The second-order valence-electron chi connectivity index (χ2n) is 4.61. The minimum absolute atomic E-state index is 0.0520. The lowest BCUT2D eigenvalue weighted by Crippen LogP contribution is -2.36. The summed E-state index contributed by atoms with van der Waals surface area (Å²) >= 11 is 0. The number of nitrogens with one attached hydrogen (secondary N) is 2. The zero-order valence-electron chi connectivity index (χ0n) is 13.5. The Morgan fingerprint density at radius 1 is 1.13 bits per heavy atom. The van der Waals surface area contributed by atoms with Gasteiger partial charge in [0.05, 0.1) is 13.7 Å². The predicted octanol–water partition coefficient (Wildman–Crippen LogP) is 2.71. The summed E-state index contributed by atoms with van der Waals surface area (Å²) < 4.78 is 46.5. The van der Waals surface area contributed by atoms with Crippen LogP contribution in [0.25, 0.3) is 0 Å². The fourth-order valence-corrected chi connectivity index (χ4v) is 1.77. The summed E-state index contributed by atoms with van der Waals surface area (Å²) in [6, 6.07) is 4.73. The van der Waals surface area contributed by atoms with E-state index >= 15 is 0 Å². The molecule has 0 spiro atoms. The first kappa shape index (κ1) is 18.9. The van der Waals surface area contributed by atoms with Crippen molar-refractivity contribution in [2.75, 3.05) is 26.8 Å². The van der Waals surface area contributed by atoms with Crippen LogP contribution in [0.4, 0.5) is 13.2 Å². The number of hydrogen-bond acceptors (Lipinski definition) is 3. The molecule has 8 heteroatoms. The van der Waals surface area contributed by atoms with Crippen LogP contribution in [0, 0.1) is 0 Å². The van der Waals surface area contributed by atoms with E-state index < -0.39 is 12.8 Å². The SMILES string of the molecule is CCNC(=NCc1ccc(OCC(F)(F)F)c(OC)c1)NCC. The molecule has 0 saturated heterocycles. The largest absolute Gasteiger partial charge is 0.493 e. The predicted molar refractivity (Wildman–Crippen MR) is 83.0 cm³/mol. The Kier molecular flexibility index (Phi) is 7.50. The highest BCUT2D eigenvalue weighted by Crippen LogP contribution is 2.30.